The molecule has 3 nitrogen and oxygen atoms in total. The van der Waals surface area contributed by atoms with E-state index in [9.17, 15) is 4.79 Å². The van der Waals surface area contributed by atoms with Crippen LogP contribution in [0.15, 0.2) is 102 Å². The van der Waals surface area contributed by atoms with Gasteiger partial charge in [0.1, 0.15) is 0 Å². The van der Waals surface area contributed by atoms with Gasteiger partial charge in [-0.2, -0.15) is 0 Å². The fourth-order valence-corrected chi connectivity index (χ4v) is 5.11. The van der Waals surface area contributed by atoms with E-state index >= 15 is 0 Å². The summed E-state index contributed by atoms with van der Waals surface area (Å²) < 4.78 is 0.554. The van der Waals surface area contributed by atoms with Gasteiger partial charge in [-0.25, -0.2) is 0 Å². The molecule has 1 amide bonds. The first kappa shape index (κ1) is 20.5. The summed E-state index contributed by atoms with van der Waals surface area (Å²) in [5.74, 6) is -0.0816. The van der Waals surface area contributed by atoms with E-state index < -0.39 is 0 Å². The lowest BCUT2D eigenvalue weighted by molar-refractivity contribution is -0.113. The van der Waals surface area contributed by atoms with Crippen molar-refractivity contribution in [3.05, 3.63) is 108 Å². The van der Waals surface area contributed by atoms with Crippen LogP contribution < -0.4 is 9.80 Å². The summed E-state index contributed by atoms with van der Waals surface area (Å²) in [5.41, 5.74) is 4.00. The van der Waals surface area contributed by atoms with Crippen molar-refractivity contribution in [1.82, 2.24) is 0 Å². The van der Waals surface area contributed by atoms with E-state index in [-0.39, 0.29) is 5.91 Å². The maximum Gasteiger partial charge on any atom is 0.270 e. The molecule has 32 heavy (non-hydrogen) atoms. The molecule has 4 aromatic rings. The molecule has 1 aliphatic rings. The number of amides is 1. The Kier molecular flexibility index (Phi) is 5.52. The van der Waals surface area contributed by atoms with Crippen LogP contribution in [0.5, 0.6) is 0 Å². The van der Waals surface area contributed by atoms with E-state index in [2.05, 4.69) is 29.2 Å². The first-order valence-corrected chi connectivity index (χ1v) is 11.5. The lowest BCUT2D eigenvalue weighted by Crippen LogP contribution is -2.27. The van der Waals surface area contributed by atoms with E-state index in [1.807, 2.05) is 85.9 Å². The van der Waals surface area contributed by atoms with Crippen molar-refractivity contribution in [1.29, 1.82) is 0 Å². The van der Waals surface area contributed by atoms with E-state index in [0.29, 0.717) is 9.23 Å². The molecule has 0 spiro atoms. The first-order valence-electron chi connectivity index (χ1n) is 10.3. The number of benzene rings is 4. The Morgan fingerprint density at radius 3 is 2.25 bits per heavy atom. The van der Waals surface area contributed by atoms with Gasteiger partial charge in [-0.05, 0) is 47.4 Å². The lowest BCUT2D eigenvalue weighted by Gasteiger charge is -2.19. The zero-order chi connectivity index (χ0) is 22.1. The van der Waals surface area contributed by atoms with Crippen molar-refractivity contribution in [3.63, 3.8) is 0 Å². The summed E-state index contributed by atoms with van der Waals surface area (Å²) >= 11 is 6.93. The Labute approximate surface area is 197 Å². The van der Waals surface area contributed by atoms with Crippen LogP contribution in [-0.2, 0) is 4.79 Å². The average Bonchev–Trinajstić information content (AvgIpc) is 3.11. The van der Waals surface area contributed by atoms with E-state index in [0.717, 1.165) is 33.4 Å². The zero-order valence-corrected chi connectivity index (χ0v) is 19.1. The molecular weight excluding hydrogens is 432 g/mol. The standard InChI is InChI=1S/C27H20N2OS2/c1-28(21-10-3-2-4-11-21)22-16-14-19(15-17-22)18-25-26(30)29(27(31)32-25)24-13-7-9-20-8-5-6-12-23(20)24/h2-18H,1H3/b25-18+. The maximum absolute atomic E-state index is 13.3. The number of para-hydroxylation sites is 1. The third-order valence-corrected chi connectivity index (χ3v) is 6.83. The second-order valence-corrected chi connectivity index (χ2v) is 9.18. The molecule has 0 saturated carbocycles. The Morgan fingerprint density at radius 1 is 0.812 bits per heavy atom. The molecule has 1 saturated heterocycles. The van der Waals surface area contributed by atoms with Crippen molar-refractivity contribution in [3.8, 4) is 0 Å². The number of hydrogen-bond acceptors (Lipinski definition) is 4. The molecule has 5 heteroatoms. The van der Waals surface area contributed by atoms with Crippen LogP contribution in [0.25, 0.3) is 16.8 Å². The molecule has 0 aromatic heterocycles. The number of thioether (sulfide) groups is 1. The quantitative estimate of drug-likeness (QED) is 0.245. The highest BCUT2D eigenvalue weighted by Crippen LogP contribution is 2.39. The lowest BCUT2D eigenvalue weighted by atomic mass is 10.1. The second-order valence-electron chi connectivity index (χ2n) is 7.50. The Hall–Kier alpha value is -3.41. The minimum Gasteiger partial charge on any atom is -0.345 e. The molecule has 1 fully saturated rings. The zero-order valence-electron chi connectivity index (χ0n) is 17.4. The SMILES string of the molecule is CN(c1ccccc1)c1ccc(/C=C2/SC(=S)N(c3cccc4ccccc34)C2=O)cc1. The van der Waals surface area contributed by atoms with Gasteiger partial charge in [0.15, 0.2) is 4.32 Å². The summed E-state index contributed by atoms with van der Waals surface area (Å²) in [6.45, 7) is 0. The summed E-state index contributed by atoms with van der Waals surface area (Å²) in [4.78, 5) is 17.7. The Morgan fingerprint density at radius 2 is 1.47 bits per heavy atom. The predicted octanol–water partition coefficient (Wildman–Crippen LogP) is 7.01. The third-order valence-electron chi connectivity index (χ3n) is 5.52. The fourth-order valence-electron chi connectivity index (χ4n) is 3.82. The smallest absolute Gasteiger partial charge is 0.270 e. The van der Waals surface area contributed by atoms with Crippen molar-refractivity contribution in [2.24, 2.45) is 0 Å². The van der Waals surface area contributed by atoms with Crippen LogP contribution >= 0.6 is 24.0 Å². The van der Waals surface area contributed by atoms with Gasteiger partial charge in [0.25, 0.3) is 5.91 Å². The summed E-state index contributed by atoms with van der Waals surface area (Å²) in [6.07, 6.45) is 1.91. The van der Waals surface area contributed by atoms with E-state index in [4.69, 9.17) is 12.2 Å². The Balaban J connectivity index is 1.42. The normalized spacial score (nSPS) is 15.0. The maximum atomic E-state index is 13.3. The molecule has 1 aliphatic heterocycles. The largest absolute Gasteiger partial charge is 0.345 e. The van der Waals surface area contributed by atoms with Crippen molar-refractivity contribution < 1.29 is 4.79 Å². The molecule has 4 aromatic carbocycles. The van der Waals surface area contributed by atoms with Crippen LogP contribution in [0.3, 0.4) is 0 Å². The third kappa shape index (κ3) is 3.81. The van der Waals surface area contributed by atoms with Gasteiger partial charge in [0.2, 0.25) is 0 Å². The number of rotatable bonds is 4. The minimum atomic E-state index is -0.0816. The molecular formula is C27H20N2OS2. The van der Waals surface area contributed by atoms with Crippen LogP contribution in [0.4, 0.5) is 17.1 Å². The fraction of sp³-hybridized carbons (Fsp3) is 0.0370. The molecule has 0 bridgehead atoms. The molecule has 0 N–H and O–H groups in total. The van der Waals surface area contributed by atoms with Gasteiger partial charge >= 0.3 is 0 Å². The van der Waals surface area contributed by atoms with Crippen LogP contribution in [0, 0.1) is 0 Å². The molecule has 1 heterocycles. The topological polar surface area (TPSA) is 23.6 Å². The molecule has 156 valence electrons. The predicted molar refractivity (Wildman–Crippen MR) is 141 cm³/mol. The Bertz CT molecular complexity index is 1340. The number of fused-ring (bicyclic) bond motifs is 1. The summed E-state index contributed by atoms with van der Waals surface area (Å²) in [7, 11) is 2.04. The van der Waals surface area contributed by atoms with E-state index in [1.165, 1.54) is 11.8 Å². The highest BCUT2D eigenvalue weighted by atomic mass is 32.2. The van der Waals surface area contributed by atoms with Gasteiger partial charge < -0.3 is 4.90 Å². The minimum absolute atomic E-state index is 0.0816. The second kappa shape index (κ2) is 8.61. The number of hydrogen-bond donors (Lipinski definition) is 0. The molecule has 5 rings (SSSR count). The molecule has 0 unspecified atom stereocenters. The molecule has 0 atom stereocenters. The number of carbonyl (C=O) groups is 1. The van der Waals surface area contributed by atoms with Crippen molar-refractivity contribution in [2.75, 3.05) is 16.8 Å². The van der Waals surface area contributed by atoms with Gasteiger partial charge in [0.05, 0.1) is 10.6 Å². The number of thiocarbonyl (C=S) groups is 1. The number of carbonyl (C=O) groups excluding carboxylic acids is 1. The van der Waals surface area contributed by atoms with Crippen molar-refractivity contribution in [2.45, 2.75) is 0 Å². The van der Waals surface area contributed by atoms with Crippen LogP contribution in [0.2, 0.25) is 0 Å². The monoisotopic (exact) mass is 452 g/mol. The van der Waals surface area contributed by atoms with E-state index in [1.54, 1.807) is 4.90 Å². The van der Waals surface area contributed by atoms with Gasteiger partial charge in [-0.15, -0.1) is 0 Å². The van der Waals surface area contributed by atoms with Gasteiger partial charge in [-0.3, -0.25) is 9.69 Å². The number of anilines is 3. The summed E-state index contributed by atoms with van der Waals surface area (Å²) in [6, 6.07) is 32.4. The van der Waals surface area contributed by atoms with Gasteiger partial charge in [-0.1, -0.05) is 90.7 Å². The van der Waals surface area contributed by atoms with Crippen LogP contribution in [0.1, 0.15) is 5.56 Å². The van der Waals surface area contributed by atoms with Gasteiger partial charge in [0, 0.05) is 23.8 Å². The van der Waals surface area contributed by atoms with Crippen molar-refractivity contribution >= 4 is 68.1 Å². The molecule has 0 aliphatic carbocycles. The average molecular weight is 453 g/mol. The molecule has 0 radical (unpaired) electrons. The highest BCUT2D eigenvalue weighted by Gasteiger charge is 2.34. The van der Waals surface area contributed by atoms with Crippen LogP contribution in [-0.4, -0.2) is 17.3 Å². The highest BCUT2D eigenvalue weighted by molar-refractivity contribution is 8.27. The number of nitrogens with zero attached hydrogens (tertiary/aromatic N) is 2. The first-order chi connectivity index (χ1) is 15.6. The summed E-state index contributed by atoms with van der Waals surface area (Å²) in [5, 5.41) is 2.10.